The molecular weight excluding hydrogens is 358 g/mol. The Morgan fingerprint density at radius 1 is 0.655 bits per heavy atom. The second kappa shape index (κ2) is 23.7. The van der Waals surface area contributed by atoms with Crippen LogP contribution < -0.4 is 5.48 Å². The summed E-state index contributed by atoms with van der Waals surface area (Å²) >= 11 is 0. The van der Waals surface area contributed by atoms with Gasteiger partial charge in [0, 0.05) is 13.0 Å². The summed E-state index contributed by atoms with van der Waals surface area (Å²) in [5.74, 6) is 0.615. The largest absolute Gasteiger partial charge is 0.371 e. The summed E-state index contributed by atoms with van der Waals surface area (Å²) < 4.78 is 0. The highest BCUT2D eigenvalue weighted by atomic mass is 16.7. The molecule has 3 nitrogen and oxygen atoms in total. The van der Waals surface area contributed by atoms with E-state index in [1.165, 1.54) is 103 Å². The minimum atomic E-state index is -0.106. The van der Waals surface area contributed by atoms with E-state index in [2.05, 4.69) is 26.3 Å². The Bertz CT molecular complexity index is 331. The predicted molar refractivity (Wildman–Crippen MR) is 127 cm³/mol. The minimum Gasteiger partial charge on any atom is -0.371 e. The van der Waals surface area contributed by atoms with Gasteiger partial charge in [0.2, 0.25) is 0 Å². The number of hydrogen-bond donors (Lipinski definition) is 1. The quantitative estimate of drug-likeness (QED) is 0.135. The summed E-state index contributed by atoms with van der Waals surface area (Å²) in [5, 5.41) is 0. The molecule has 0 aliphatic heterocycles. The number of hydroxylamine groups is 1. The van der Waals surface area contributed by atoms with Crippen LogP contribution in [0.25, 0.3) is 0 Å². The first-order valence-electron chi connectivity index (χ1n) is 13.1. The van der Waals surface area contributed by atoms with E-state index < -0.39 is 0 Å². The Balaban J connectivity index is 3.10. The van der Waals surface area contributed by atoms with Crippen molar-refractivity contribution in [1.82, 2.24) is 5.48 Å². The third kappa shape index (κ3) is 25.4. The number of carbonyl (C=O) groups excluding carboxylic acids is 1. The molecule has 29 heavy (non-hydrogen) atoms. The van der Waals surface area contributed by atoms with Gasteiger partial charge in [-0.25, -0.2) is 0 Å². The van der Waals surface area contributed by atoms with Crippen LogP contribution >= 0.6 is 0 Å². The van der Waals surface area contributed by atoms with E-state index in [1.807, 2.05) is 0 Å². The van der Waals surface area contributed by atoms with Crippen LogP contribution in [0.2, 0.25) is 0 Å². The Morgan fingerprint density at radius 3 is 1.55 bits per heavy atom. The molecule has 0 aromatic heterocycles. The molecule has 3 heteroatoms. The van der Waals surface area contributed by atoms with Gasteiger partial charge in [-0.3, -0.25) is 4.79 Å². The van der Waals surface area contributed by atoms with Gasteiger partial charge in [-0.2, -0.15) is 5.48 Å². The molecule has 0 radical (unpaired) electrons. The standard InChI is InChI=1S/C26H53NO2/c1-4-5-6-7-8-9-10-11-12-13-14-15-16-17-18-21-24-27-29-26(28)23-20-19-22-25(2)3/h25,27H,4-24H2,1-3H3. The van der Waals surface area contributed by atoms with Gasteiger partial charge >= 0.3 is 5.97 Å². The fourth-order valence-corrected chi connectivity index (χ4v) is 3.75. The Labute approximate surface area is 183 Å². The van der Waals surface area contributed by atoms with Crippen molar-refractivity contribution in [1.29, 1.82) is 0 Å². The van der Waals surface area contributed by atoms with Crippen molar-refractivity contribution >= 4 is 5.97 Å². The normalized spacial score (nSPS) is 11.3. The fourth-order valence-electron chi connectivity index (χ4n) is 3.75. The number of nitrogens with one attached hydrogen (secondary N) is 1. The van der Waals surface area contributed by atoms with Crippen LogP contribution in [-0.4, -0.2) is 12.5 Å². The third-order valence-electron chi connectivity index (χ3n) is 5.73. The van der Waals surface area contributed by atoms with Crippen LogP contribution in [-0.2, 0) is 9.63 Å². The molecule has 0 rings (SSSR count). The molecule has 0 heterocycles. The Hall–Kier alpha value is -0.570. The number of unbranched alkanes of at least 4 members (excludes halogenated alkanes) is 16. The lowest BCUT2D eigenvalue weighted by Gasteiger charge is -2.07. The van der Waals surface area contributed by atoms with Gasteiger partial charge in [0.25, 0.3) is 0 Å². The van der Waals surface area contributed by atoms with Crippen molar-refractivity contribution in [2.75, 3.05) is 6.54 Å². The summed E-state index contributed by atoms with van der Waals surface area (Å²) in [6, 6.07) is 0. The smallest absolute Gasteiger partial charge is 0.324 e. The molecule has 0 saturated carbocycles. The SMILES string of the molecule is CCCCCCCCCCCCCCCCCCNOC(=O)CCCCC(C)C. The first-order valence-corrected chi connectivity index (χ1v) is 13.1. The molecule has 0 unspecified atom stereocenters. The molecule has 0 atom stereocenters. The molecule has 0 saturated heterocycles. The summed E-state index contributed by atoms with van der Waals surface area (Å²) in [4.78, 5) is 16.7. The fraction of sp³-hybridized carbons (Fsp3) is 0.962. The zero-order chi connectivity index (χ0) is 21.4. The number of hydrogen-bond acceptors (Lipinski definition) is 3. The molecule has 0 aromatic rings. The highest BCUT2D eigenvalue weighted by Gasteiger charge is 2.03. The molecule has 0 fully saturated rings. The average Bonchev–Trinajstić information content (AvgIpc) is 2.70. The Kier molecular flexibility index (Phi) is 23.2. The van der Waals surface area contributed by atoms with Gasteiger partial charge in [0.1, 0.15) is 0 Å². The minimum absolute atomic E-state index is 0.106. The van der Waals surface area contributed by atoms with Crippen LogP contribution in [0.3, 0.4) is 0 Å². The van der Waals surface area contributed by atoms with Crippen LogP contribution in [0.15, 0.2) is 0 Å². The van der Waals surface area contributed by atoms with E-state index in [0.717, 1.165) is 31.7 Å². The van der Waals surface area contributed by atoms with Crippen LogP contribution in [0.4, 0.5) is 0 Å². The summed E-state index contributed by atoms with van der Waals surface area (Å²) in [6.07, 6.45) is 25.9. The van der Waals surface area contributed by atoms with Gasteiger partial charge in [0.15, 0.2) is 0 Å². The van der Waals surface area contributed by atoms with Crippen molar-refractivity contribution in [2.24, 2.45) is 5.92 Å². The van der Waals surface area contributed by atoms with E-state index in [-0.39, 0.29) is 5.97 Å². The van der Waals surface area contributed by atoms with Crippen molar-refractivity contribution < 1.29 is 9.63 Å². The number of carbonyl (C=O) groups is 1. The first-order chi connectivity index (χ1) is 14.2. The molecule has 0 amide bonds. The molecule has 0 bridgehead atoms. The maximum atomic E-state index is 11.6. The monoisotopic (exact) mass is 411 g/mol. The molecule has 0 aromatic carbocycles. The van der Waals surface area contributed by atoms with E-state index in [0.29, 0.717) is 6.42 Å². The van der Waals surface area contributed by atoms with Crippen LogP contribution in [0.1, 0.15) is 149 Å². The summed E-state index contributed by atoms with van der Waals surface area (Å²) in [6.45, 7) is 7.51. The molecule has 174 valence electrons. The van der Waals surface area contributed by atoms with Crippen LogP contribution in [0.5, 0.6) is 0 Å². The lowest BCUT2D eigenvalue weighted by molar-refractivity contribution is -0.151. The Morgan fingerprint density at radius 2 is 1.10 bits per heavy atom. The second-order valence-corrected chi connectivity index (χ2v) is 9.31. The lowest BCUT2D eigenvalue weighted by atomic mass is 10.0. The molecule has 0 aliphatic rings. The van der Waals surface area contributed by atoms with Crippen molar-refractivity contribution in [3.8, 4) is 0 Å². The van der Waals surface area contributed by atoms with E-state index in [1.54, 1.807) is 0 Å². The third-order valence-corrected chi connectivity index (χ3v) is 5.73. The summed E-state index contributed by atoms with van der Waals surface area (Å²) in [7, 11) is 0. The summed E-state index contributed by atoms with van der Waals surface area (Å²) in [5.41, 5.74) is 2.83. The first kappa shape index (κ1) is 28.4. The maximum Gasteiger partial charge on any atom is 0.324 e. The van der Waals surface area contributed by atoms with Gasteiger partial charge in [0.05, 0.1) is 0 Å². The van der Waals surface area contributed by atoms with Gasteiger partial charge < -0.3 is 4.84 Å². The van der Waals surface area contributed by atoms with E-state index in [9.17, 15) is 4.79 Å². The predicted octanol–water partition coefficient (Wildman–Crippen LogP) is 8.51. The van der Waals surface area contributed by atoms with Gasteiger partial charge in [-0.05, 0) is 18.8 Å². The molecular formula is C26H53NO2. The topological polar surface area (TPSA) is 38.3 Å². The molecule has 1 N–H and O–H groups in total. The van der Waals surface area contributed by atoms with Gasteiger partial charge in [-0.15, -0.1) is 0 Å². The maximum absolute atomic E-state index is 11.6. The van der Waals surface area contributed by atoms with Crippen molar-refractivity contribution in [3.05, 3.63) is 0 Å². The van der Waals surface area contributed by atoms with Crippen molar-refractivity contribution in [3.63, 3.8) is 0 Å². The number of rotatable bonds is 23. The van der Waals surface area contributed by atoms with Crippen molar-refractivity contribution in [2.45, 2.75) is 149 Å². The van der Waals surface area contributed by atoms with E-state index >= 15 is 0 Å². The van der Waals surface area contributed by atoms with Crippen LogP contribution in [0, 0.1) is 5.92 Å². The molecule has 0 aliphatic carbocycles. The van der Waals surface area contributed by atoms with Gasteiger partial charge in [-0.1, -0.05) is 130 Å². The average molecular weight is 412 g/mol. The zero-order valence-electron chi connectivity index (χ0n) is 20.2. The second-order valence-electron chi connectivity index (χ2n) is 9.31. The molecule has 0 spiro atoms. The highest BCUT2D eigenvalue weighted by molar-refractivity contribution is 5.68. The lowest BCUT2D eigenvalue weighted by Crippen LogP contribution is -2.20. The highest BCUT2D eigenvalue weighted by Crippen LogP contribution is 2.13. The zero-order valence-corrected chi connectivity index (χ0v) is 20.2. The van der Waals surface area contributed by atoms with E-state index in [4.69, 9.17) is 4.84 Å².